The maximum absolute atomic E-state index is 5.80. The van der Waals surface area contributed by atoms with E-state index in [2.05, 4.69) is 15.3 Å². The Hall–Kier alpha value is -1.95. The molecule has 0 saturated heterocycles. The molecule has 0 radical (unpaired) electrons. The zero-order valence-corrected chi connectivity index (χ0v) is 12.8. The summed E-state index contributed by atoms with van der Waals surface area (Å²) in [4.78, 5) is 9.02. The van der Waals surface area contributed by atoms with E-state index in [0.717, 1.165) is 22.6 Å². The molecule has 1 unspecified atom stereocenters. The number of oxazole rings is 1. The van der Waals surface area contributed by atoms with Crippen molar-refractivity contribution in [2.75, 3.05) is 5.32 Å². The largest absolute Gasteiger partial charge is 0.444 e. The van der Waals surface area contributed by atoms with Crippen LogP contribution in [0.5, 0.6) is 0 Å². The molecule has 0 bridgehead atoms. The standard InChI is InChI=1S/C14H18N4OS/c1-7-5-8(2)17-13(11(7)12(15)20)18-10(4)14-16-6-9(3)19-14/h5-6,10H,1-4H3,(H2,15,20)(H,17,18). The number of nitrogens with two attached hydrogens (primary N) is 1. The lowest BCUT2D eigenvalue weighted by molar-refractivity contribution is 0.453. The predicted octanol–water partition coefficient (Wildman–Crippen LogP) is 2.80. The predicted molar refractivity (Wildman–Crippen MR) is 82.9 cm³/mol. The van der Waals surface area contributed by atoms with Crippen molar-refractivity contribution in [3.05, 3.63) is 40.7 Å². The first kappa shape index (κ1) is 14.5. The lowest BCUT2D eigenvalue weighted by Gasteiger charge is -2.16. The number of pyridine rings is 1. The summed E-state index contributed by atoms with van der Waals surface area (Å²) < 4.78 is 5.51. The van der Waals surface area contributed by atoms with Gasteiger partial charge in [0.25, 0.3) is 0 Å². The van der Waals surface area contributed by atoms with Gasteiger partial charge in [-0.2, -0.15) is 0 Å². The van der Waals surface area contributed by atoms with Crippen molar-refractivity contribution in [2.45, 2.75) is 33.7 Å². The molecule has 1 atom stereocenters. The van der Waals surface area contributed by atoms with Crippen LogP contribution in [0.1, 0.15) is 41.4 Å². The van der Waals surface area contributed by atoms with Crippen LogP contribution < -0.4 is 11.1 Å². The van der Waals surface area contributed by atoms with Gasteiger partial charge < -0.3 is 15.5 Å². The summed E-state index contributed by atoms with van der Waals surface area (Å²) in [6.07, 6.45) is 1.69. The second kappa shape index (κ2) is 5.58. The summed E-state index contributed by atoms with van der Waals surface area (Å²) in [6.45, 7) is 7.71. The highest BCUT2D eigenvalue weighted by Crippen LogP contribution is 2.23. The van der Waals surface area contributed by atoms with Gasteiger partial charge in [0.1, 0.15) is 22.6 Å². The number of thiocarbonyl (C=S) groups is 1. The molecule has 2 rings (SSSR count). The molecule has 0 aliphatic rings. The summed E-state index contributed by atoms with van der Waals surface area (Å²) in [5.74, 6) is 2.05. The van der Waals surface area contributed by atoms with E-state index < -0.39 is 0 Å². The number of nitrogens with one attached hydrogen (secondary N) is 1. The van der Waals surface area contributed by atoms with Crippen molar-refractivity contribution in [1.82, 2.24) is 9.97 Å². The van der Waals surface area contributed by atoms with Crippen LogP contribution in [0.2, 0.25) is 0 Å². The van der Waals surface area contributed by atoms with E-state index in [9.17, 15) is 0 Å². The summed E-state index contributed by atoms with van der Waals surface area (Å²) >= 11 is 5.11. The summed E-state index contributed by atoms with van der Waals surface area (Å²) in [7, 11) is 0. The van der Waals surface area contributed by atoms with Gasteiger partial charge in [-0.3, -0.25) is 0 Å². The van der Waals surface area contributed by atoms with Gasteiger partial charge in [-0.05, 0) is 39.3 Å². The molecule has 0 aliphatic carbocycles. The molecule has 20 heavy (non-hydrogen) atoms. The molecule has 0 aliphatic heterocycles. The van der Waals surface area contributed by atoms with Gasteiger partial charge in [0.05, 0.1) is 11.8 Å². The van der Waals surface area contributed by atoms with Crippen molar-refractivity contribution < 1.29 is 4.42 Å². The highest BCUT2D eigenvalue weighted by atomic mass is 32.1. The molecular formula is C14H18N4OS. The lowest BCUT2D eigenvalue weighted by atomic mass is 10.1. The molecule has 0 aromatic carbocycles. The van der Waals surface area contributed by atoms with Crippen LogP contribution in [0.15, 0.2) is 16.7 Å². The van der Waals surface area contributed by atoms with Gasteiger partial charge in [0, 0.05) is 5.69 Å². The first-order valence-corrected chi connectivity index (χ1v) is 6.76. The van der Waals surface area contributed by atoms with Crippen molar-refractivity contribution in [3.8, 4) is 0 Å². The fourth-order valence-corrected chi connectivity index (χ4v) is 2.35. The van der Waals surface area contributed by atoms with Crippen LogP contribution in [0, 0.1) is 20.8 Å². The van der Waals surface area contributed by atoms with Gasteiger partial charge in [0.2, 0.25) is 5.89 Å². The number of aryl methyl sites for hydroxylation is 3. The highest BCUT2D eigenvalue weighted by molar-refractivity contribution is 7.80. The van der Waals surface area contributed by atoms with Crippen molar-refractivity contribution in [1.29, 1.82) is 0 Å². The highest BCUT2D eigenvalue weighted by Gasteiger charge is 2.17. The quantitative estimate of drug-likeness (QED) is 0.843. The molecule has 0 spiro atoms. The Balaban J connectivity index is 2.35. The molecule has 3 N–H and O–H groups in total. The van der Waals surface area contributed by atoms with Crippen LogP contribution in [0.4, 0.5) is 5.82 Å². The van der Waals surface area contributed by atoms with Gasteiger partial charge in [0.15, 0.2) is 0 Å². The third-order valence-electron chi connectivity index (χ3n) is 2.95. The first-order valence-electron chi connectivity index (χ1n) is 6.35. The zero-order chi connectivity index (χ0) is 14.9. The first-order chi connectivity index (χ1) is 9.38. The Kier molecular flexibility index (Phi) is 4.04. The summed E-state index contributed by atoms with van der Waals surface area (Å²) in [6, 6.07) is 1.84. The fraction of sp³-hybridized carbons (Fsp3) is 0.357. The van der Waals surface area contributed by atoms with Crippen LogP contribution >= 0.6 is 12.2 Å². The molecule has 0 amide bonds. The van der Waals surface area contributed by atoms with Gasteiger partial charge in [-0.25, -0.2) is 9.97 Å². The Morgan fingerprint density at radius 3 is 2.65 bits per heavy atom. The SMILES string of the molecule is Cc1cc(C)c(C(N)=S)c(NC(C)c2ncc(C)o2)n1. The Bertz CT molecular complexity index is 651. The van der Waals surface area contributed by atoms with Crippen molar-refractivity contribution in [3.63, 3.8) is 0 Å². The number of rotatable bonds is 4. The van der Waals surface area contributed by atoms with E-state index in [1.807, 2.05) is 33.8 Å². The van der Waals surface area contributed by atoms with Crippen molar-refractivity contribution >= 4 is 23.0 Å². The summed E-state index contributed by atoms with van der Waals surface area (Å²) in [5, 5.41) is 3.27. The molecule has 5 nitrogen and oxygen atoms in total. The van der Waals surface area contributed by atoms with Gasteiger partial charge >= 0.3 is 0 Å². The summed E-state index contributed by atoms with van der Waals surface area (Å²) in [5.41, 5.74) is 8.47. The minimum absolute atomic E-state index is 0.120. The third-order valence-corrected chi connectivity index (χ3v) is 3.16. The van der Waals surface area contributed by atoms with Crippen molar-refractivity contribution in [2.24, 2.45) is 5.73 Å². The number of hydrogen-bond acceptors (Lipinski definition) is 5. The molecule has 2 aromatic rings. The molecule has 0 fully saturated rings. The van der Waals surface area contributed by atoms with E-state index in [1.54, 1.807) is 6.20 Å². The van der Waals surface area contributed by atoms with E-state index in [4.69, 9.17) is 22.4 Å². The number of aromatic nitrogens is 2. The molecular weight excluding hydrogens is 272 g/mol. The molecule has 0 saturated carbocycles. The maximum Gasteiger partial charge on any atom is 0.216 e. The average molecular weight is 290 g/mol. The molecule has 2 heterocycles. The second-order valence-corrected chi connectivity index (χ2v) is 5.28. The zero-order valence-electron chi connectivity index (χ0n) is 12.0. The number of hydrogen-bond donors (Lipinski definition) is 2. The van der Waals surface area contributed by atoms with Crippen LogP contribution in [-0.2, 0) is 0 Å². The van der Waals surface area contributed by atoms with E-state index in [1.165, 1.54) is 0 Å². The number of anilines is 1. The Morgan fingerprint density at radius 1 is 1.40 bits per heavy atom. The van der Waals surface area contributed by atoms with Gasteiger partial charge in [-0.1, -0.05) is 12.2 Å². The Morgan fingerprint density at radius 2 is 2.10 bits per heavy atom. The number of nitrogens with zero attached hydrogens (tertiary/aromatic N) is 2. The minimum Gasteiger partial charge on any atom is -0.444 e. The molecule has 2 aromatic heterocycles. The third kappa shape index (κ3) is 2.96. The Labute approximate surface area is 123 Å². The smallest absolute Gasteiger partial charge is 0.216 e. The monoisotopic (exact) mass is 290 g/mol. The van der Waals surface area contributed by atoms with Crippen LogP contribution in [-0.4, -0.2) is 15.0 Å². The van der Waals surface area contributed by atoms with Crippen LogP contribution in [0.25, 0.3) is 0 Å². The fourth-order valence-electron chi connectivity index (χ4n) is 2.09. The minimum atomic E-state index is -0.120. The lowest BCUT2D eigenvalue weighted by Crippen LogP contribution is -2.18. The van der Waals surface area contributed by atoms with Crippen LogP contribution in [0.3, 0.4) is 0 Å². The van der Waals surface area contributed by atoms with Gasteiger partial charge in [-0.15, -0.1) is 0 Å². The van der Waals surface area contributed by atoms with E-state index >= 15 is 0 Å². The molecule has 6 heteroatoms. The van der Waals surface area contributed by atoms with E-state index in [0.29, 0.717) is 16.7 Å². The molecule has 106 valence electrons. The topological polar surface area (TPSA) is 77.0 Å². The normalized spacial score (nSPS) is 12.2. The average Bonchev–Trinajstić information content (AvgIpc) is 2.74. The second-order valence-electron chi connectivity index (χ2n) is 4.84. The van der Waals surface area contributed by atoms with E-state index in [-0.39, 0.29) is 6.04 Å². The maximum atomic E-state index is 5.80.